The van der Waals surface area contributed by atoms with E-state index in [0.717, 1.165) is 17.9 Å². The number of hydrogen-bond acceptors (Lipinski definition) is 2. The Morgan fingerprint density at radius 3 is 2.31 bits per heavy atom. The van der Waals surface area contributed by atoms with Crippen molar-refractivity contribution in [3.8, 4) is 5.75 Å². The molecular formula is C24H33NO. The number of benzene rings is 2. The molecule has 0 aromatic heterocycles. The topological polar surface area (TPSA) is 21.6 Å². The fourth-order valence-corrected chi connectivity index (χ4v) is 3.19. The van der Waals surface area contributed by atoms with Crippen LogP contribution in [0, 0.1) is 19.8 Å². The van der Waals surface area contributed by atoms with Crippen molar-refractivity contribution in [3.63, 3.8) is 0 Å². The van der Waals surface area contributed by atoms with Gasteiger partial charge < -0.3 is 4.74 Å². The number of unbranched alkanes of at least 4 members (excludes halogenated alkanes) is 1. The zero-order chi connectivity index (χ0) is 18.8. The van der Waals surface area contributed by atoms with Crippen LogP contribution in [-0.4, -0.2) is 12.8 Å². The monoisotopic (exact) mass is 351 g/mol. The molecule has 0 N–H and O–H groups in total. The third-order valence-electron chi connectivity index (χ3n) is 4.71. The standard InChI is InChI=1S/C24H33NO/c1-5-7-8-21(6-2)16-25-17-22-9-11-24(12-10-22)26-18-23-14-19(3)13-20(4)15-23/h9-15,17,21H,5-8,16,18H2,1-4H3. The largest absolute Gasteiger partial charge is 0.489 e. The van der Waals surface area contributed by atoms with Gasteiger partial charge in [-0.15, -0.1) is 0 Å². The minimum absolute atomic E-state index is 0.603. The van der Waals surface area contributed by atoms with Gasteiger partial charge >= 0.3 is 0 Å². The summed E-state index contributed by atoms with van der Waals surface area (Å²) in [6.07, 6.45) is 7.06. The molecule has 2 aromatic rings. The second-order valence-electron chi connectivity index (χ2n) is 7.26. The van der Waals surface area contributed by atoms with Gasteiger partial charge in [-0.25, -0.2) is 0 Å². The zero-order valence-electron chi connectivity index (χ0n) is 16.8. The number of rotatable bonds is 10. The SMILES string of the molecule is CCCCC(CC)CN=Cc1ccc(OCc2cc(C)cc(C)c2)cc1. The van der Waals surface area contributed by atoms with Crippen molar-refractivity contribution in [1.29, 1.82) is 0 Å². The van der Waals surface area contributed by atoms with Crippen molar-refractivity contribution >= 4 is 6.21 Å². The second-order valence-corrected chi connectivity index (χ2v) is 7.26. The quantitative estimate of drug-likeness (QED) is 0.447. The molecule has 0 bridgehead atoms. The predicted octanol–water partition coefficient (Wildman–Crippen LogP) is 6.52. The van der Waals surface area contributed by atoms with E-state index in [1.807, 2.05) is 18.3 Å². The Morgan fingerprint density at radius 2 is 1.69 bits per heavy atom. The van der Waals surface area contributed by atoms with E-state index < -0.39 is 0 Å². The molecular weight excluding hydrogens is 318 g/mol. The Morgan fingerprint density at radius 1 is 1.00 bits per heavy atom. The molecule has 140 valence electrons. The van der Waals surface area contributed by atoms with Gasteiger partial charge in [-0.2, -0.15) is 0 Å². The first-order valence-electron chi connectivity index (χ1n) is 9.90. The van der Waals surface area contributed by atoms with Crippen LogP contribution < -0.4 is 4.74 Å². The van der Waals surface area contributed by atoms with Crippen LogP contribution in [0.15, 0.2) is 47.5 Å². The fraction of sp³-hybridized carbons (Fsp3) is 0.458. The Kier molecular flexibility index (Phi) is 8.40. The van der Waals surface area contributed by atoms with Gasteiger partial charge in [-0.3, -0.25) is 4.99 Å². The lowest BCUT2D eigenvalue weighted by atomic mass is 10.00. The molecule has 0 heterocycles. The third kappa shape index (κ3) is 7.03. The molecule has 0 aliphatic heterocycles. The van der Waals surface area contributed by atoms with E-state index in [1.54, 1.807) is 0 Å². The number of hydrogen-bond donors (Lipinski definition) is 0. The highest BCUT2D eigenvalue weighted by molar-refractivity contribution is 5.79. The van der Waals surface area contributed by atoms with E-state index in [9.17, 15) is 0 Å². The fourth-order valence-electron chi connectivity index (χ4n) is 3.19. The van der Waals surface area contributed by atoms with Crippen molar-refractivity contribution in [3.05, 3.63) is 64.7 Å². The van der Waals surface area contributed by atoms with Gasteiger partial charge in [0.05, 0.1) is 0 Å². The van der Waals surface area contributed by atoms with Crippen LogP contribution in [-0.2, 0) is 6.61 Å². The molecule has 0 saturated heterocycles. The molecule has 2 rings (SSSR count). The van der Waals surface area contributed by atoms with Crippen molar-refractivity contribution < 1.29 is 4.74 Å². The number of aliphatic imine (C=N–C) groups is 1. The Labute approximate surface area is 159 Å². The van der Waals surface area contributed by atoms with Gasteiger partial charge in [0.1, 0.15) is 12.4 Å². The first-order valence-corrected chi connectivity index (χ1v) is 9.90. The summed E-state index contributed by atoms with van der Waals surface area (Å²) in [7, 11) is 0. The van der Waals surface area contributed by atoms with Gasteiger partial charge in [0, 0.05) is 12.8 Å². The van der Waals surface area contributed by atoms with E-state index in [1.165, 1.54) is 42.4 Å². The van der Waals surface area contributed by atoms with E-state index >= 15 is 0 Å². The predicted molar refractivity (Wildman–Crippen MR) is 112 cm³/mol. The van der Waals surface area contributed by atoms with Crippen molar-refractivity contribution in [2.75, 3.05) is 6.54 Å². The van der Waals surface area contributed by atoms with E-state index in [2.05, 4.69) is 63.0 Å². The maximum Gasteiger partial charge on any atom is 0.119 e. The maximum atomic E-state index is 5.92. The highest BCUT2D eigenvalue weighted by atomic mass is 16.5. The molecule has 1 unspecified atom stereocenters. The lowest BCUT2D eigenvalue weighted by molar-refractivity contribution is 0.306. The highest BCUT2D eigenvalue weighted by Gasteiger charge is 2.04. The van der Waals surface area contributed by atoms with Crippen LogP contribution in [0.2, 0.25) is 0 Å². The first kappa shape index (κ1) is 20.2. The van der Waals surface area contributed by atoms with Crippen molar-refractivity contribution in [1.82, 2.24) is 0 Å². The number of nitrogens with zero attached hydrogens (tertiary/aromatic N) is 1. The molecule has 2 nitrogen and oxygen atoms in total. The number of aryl methyl sites for hydroxylation is 2. The van der Waals surface area contributed by atoms with Crippen LogP contribution in [0.25, 0.3) is 0 Å². The molecule has 0 spiro atoms. The smallest absolute Gasteiger partial charge is 0.119 e. The second kappa shape index (κ2) is 10.8. The lowest BCUT2D eigenvalue weighted by Crippen LogP contribution is -2.03. The Balaban J connectivity index is 1.84. The first-order chi connectivity index (χ1) is 12.6. The van der Waals surface area contributed by atoms with E-state index in [-0.39, 0.29) is 0 Å². The third-order valence-corrected chi connectivity index (χ3v) is 4.71. The molecule has 0 radical (unpaired) electrons. The number of ether oxygens (including phenoxy) is 1. The molecule has 0 aliphatic rings. The van der Waals surface area contributed by atoms with E-state index in [0.29, 0.717) is 12.5 Å². The average Bonchev–Trinajstić information content (AvgIpc) is 2.63. The Bertz CT molecular complexity index is 668. The highest BCUT2D eigenvalue weighted by Crippen LogP contribution is 2.16. The van der Waals surface area contributed by atoms with Gasteiger partial charge in [-0.05, 0) is 61.6 Å². The maximum absolute atomic E-state index is 5.92. The minimum Gasteiger partial charge on any atom is -0.489 e. The van der Waals surface area contributed by atoms with Crippen LogP contribution in [0.3, 0.4) is 0 Å². The Hall–Kier alpha value is -2.09. The zero-order valence-corrected chi connectivity index (χ0v) is 16.8. The summed E-state index contributed by atoms with van der Waals surface area (Å²) in [4.78, 5) is 4.64. The van der Waals surface area contributed by atoms with Gasteiger partial charge in [0.15, 0.2) is 0 Å². The molecule has 2 heteroatoms. The van der Waals surface area contributed by atoms with Crippen LogP contribution in [0.5, 0.6) is 5.75 Å². The van der Waals surface area contributed by atoms with Crippen LogP contribution >= 0.6 is 0 Å². The van der Waals surface area contributed by atoms with Gasteiger partial charge in [0.25, 0.3) is 0 Å². The van der Waals surface area contributed by atoms with Crippen molar-refractivity contribution in [2.24, 2.45) is 10.9 Å². The summed E-state index contributed by atoms with van der Waals surface area (Å²) in [5, 5.41) is 0. The molecule has 0 aliphatic carbocycles. The molecule has 0 amide bonds. The summed E-state index contributed by atoms with van der Waals surface area (Å²) >= 11 is 0. The average molecular weight is 352 g/mol. The molecule has 0 saturated carbocycles. The molecule has 0 fully saturated rings. The summed E-state index contributed by atoms with van der Waals surface area (Å²) in [5.41, 5.74) is 4.90. The summed E-state index contributed by atoms with van der Waals surface area (Å²) in [6.45, 7) is 10.3. The minimum atomic E-state index is 0.603. The lowest BCUT2D eigenvalue weighted by Gasteiger charge is -2.10. The summed E-state index contributed by atoms with van der Waals surface area (Å²) in [6, 6.07) is 14.7. The van der Waals surface area contributed by atoms with Crippen LogP contribution in [0.4, 0.5) is 0 Å². The summed E-state index contributed by atoms with van der Waals surface area (Å²) < 4.78 is 5.92. The van der Waals surface area contributed by atoms with Gasteiger partial charge in [-0.1, -0.05) is 62.4 Å². The van der Waals surface area contributed by atoms with Crippen molar-refractivity contribution in [2.45, 2.75) is 60.0 Å². The van der Waals surface area contributed by atoms with Crippen LogP contribution in [0.1, 0.15) is 61.8 Å². The summed E-state index contributed by atoms with van der Waals surface area (Å²) in [5.74, 6) is 1.61. The van der Waals surface area contributed by atoms with Gasteiger partial charge in [0.2, 0.25) is 0 Å². The molecule has 26 heavy (non-hydrogen) atoms. The normalized spacial score (nSPS) is 12.5. The molecule has 2 aromatic carbocycles. The van der Waals surface area contributed by atoms with E-state index in [4.69, 9.17) is 4.74 Å². The molecule has 1 atom stereocenters.